The highest BCUT2D eigenvalue weighted by atomic mass is 19.3. The van der Waals surface area contributed by atoms with Crippen LogP contribution in [0.2, 0.25) is 0 Å². The molecule has 0 bridgehead atoms. The molecule has 2 aromatic carbocycles. The first-order valence-electron chi connectivity index (χ1n) is 9.26. The average Bonchev–Trinajstić information content (AvgIpc) is 3.16. The van der Waals surface area contributed by atoms with Crippen molar-refractivity contribution in [2.75, 3.05) is 23.3 Å². The van der Waals surface area contributed by atoms with E-state index in [1.807, 2.05) is 13.0 Å². The molecule has 2 heterocycles. The molecule has 4 rings (SSSR count). The number of hydrogen-bond donors (Lipinski definition) is 1. The van der Waals surface area contributed by atoms with Gasteiger partial charge in [-0.25, -0.2) is 0 Å². The van der Waals surface area contributed by atoms with Crippen LogP contribution in [0.4, 0.5) is 20.2 Å². The quantitative estimate of drug-likeness (QED) is 0.848. The molecule has 0 saturated carbocycles. The second-order valence-corrected chi connectivity index (χ2v) is 7.09. The van der Waals surface area contributed by atoms with Gasteiger partial charge in [-0.1, -0.05) is 24.3 Å². The molecule has 1 atom stereocenters. The Morgan fingerprint density at radius 2 is 1.85 bits per heavy atom. The van der Waals surface area contributed by atoms with Gasteiger partial charge in [-0.15, -0.1) is 0 Å². The monoisotopic (exact) mass is 372 g/mol. The van der Waals surface area contributed by atoms with Gasteiger partial charge in [0, 0.05) is 42.4 Å². The normalized spacial score (nSPS) is 19.2. The van der Waals surface area contributed by atoms with Gasteiger partial charge in [-0.3, -0.25) is 4.79 Å². The maximum absolute atomic E-state index is 12.8. The minimum Gasteiger partial charge on any atom is -0.435 e. The summed E-state index contributed by atoms with van der Waals surface area (Å²) >= 11 is 0. The summed E-state index contributed by atoms with van der Waals surface area (Å²) < 4.78 is 30.4. The van der Waals surface area contributed by atoms with Crippen LogP contribution in [0.1, 0.15) is 41.9 Å². The zero-order valence-corrected chi connectivity index (χ0v) is 15.2. The van der Waals surface area contributed by atoms with Crippen molar-refractivity contribution in [3.63, 3.8) is 0 Å². The summed E-state index contributed by atoms with van der Waals surface area (Å²) in [6.07, 6.45) is 2.55. The summed E-state index contributed by atoms with van der Waals surface area (Å²) in [7, 11) is 0. The zero-order chi connectivity index (χ0) is 19.0. The van der Waals surface area contributed by atoms with E-state index in [-0.39, 0.29) is 24.0 Å². The molecule has 0 spiro atoms. The first-order chi connectivity index (χ1) is 13.0. The molecule has 2 aromatic rings. The third-order valence-corrected chi connectivity index (χ3v) is 5.46. The van der Waals surface area contributed by atoms with Crippen LogP contribution in [-0.2, 0) is 4.79 Å². The molecule has 2 aliphatic rings. The fraction of sp³-hybridized carbons (Fsp3) is 0.381. The summed E-state index contributed by atoms with van der Waals surface area (Å²) in [6, 6.07) is 10.8. The van der Waals surface area contributed by atoms with E-state index >= 15 is 0 Å². The minimum atomic E-state index is -2.90. The molecule has 0 radical (unpaired) electrons. The van der Waals surface area contributed by atoms with Crippen molar-refractivity contribution in [3.05, 3.63) is 53.1 Å². The third-order valence-electron chi connectivity index (χ3n) is 5.46. The fourth-order valence-corrected chi connectivity index (χ4v) is 4.21. The highest BCUT2D eigenvalue weighted by Crippen LogP contribution is 2.44. The number of carbonyl (C=O) groups is 1. The number of alkyl halides is 2. The minimum absolute atomic E-state index is 0.110. The van der Waals surface area contributed by atoms with Gasteiger partial charge in [-0.05, 0) is 43.0 Å². The van der Waals surface area contributed by atoms with Gasteiger partial charge in [0.05, 0.1) is 0 Å². The summed E-state index contributed by atoms with van der Waals surface area (Å²) in [5.41, 5.74) is 4.51. The van der Waals surface area contributed by atoms with E-state index in [1.54, 1.807) is 18.2 Å². The maximum Gasteiger partial charge on any atom is 0.387 e. The smallest absolute Gasteiger partial charge is 0.387 e. The van der Waals surface area contributed by atoms with Crippen molar-refractivity contribution in [2.24, 2.45) is 0 Å². The van der Waals surface area contributed by atoms with Gasteiger partial charge < -0.3 is 15.0 Å². The van der Waals surface area contributed by atoms with Crippen molar-refractivity contribution in [2.45, 2.75) is 38.7 Å². The van der Waals surface area contributed by atoms with Crippen LogP contribution in [-0.4, -0.2) is 25.6 Å². The molecule has 1 amide bonds. The van der Waals surface area contributed by atoms with Gasteiger partial charge in [0.15, 0.2) is 0 Å². The Balaban J connectivity index is 1.78. The average molecular weight is 372 g/mol. The fourth-order valence-electron chi connectivity index (χ4n) is 4.21. The number of benzene rings is 2. The summed E-state index contributed by atoms with van der Waals surface area (Å²) in [6.45, 7) is 1.14. The van der Waals surface area contributed by atoms with Crippen LogP contribution >= 0.6 is 0 Å². The largest absolute Gasteiger partial charge is 0.435 e. The molecule has 1 unspecified atom stereocenters. The zero-order valence-electron chi connectivity index (χ0n) is 15.2. The molecule has 142 valence electrons. The number of nitrogens with one attached hydrogen (secondary N) is 1. The Bertz CT molecular complexity index is 863. The number of halogens is 2. The lowest BCUT2D eigenvalue weighted by Crippen LogP contribution is -2.26. The molecular formula is C21H22F2N2O2. The van der Waals surface area contributed by atoms with E-state index in [0.717, 1.165) is 35.6 Å². The van der Waals surface area contributed by atoms with Crippen molar-refractivity contribution < 1.29 is 18.3 Å². The van der Waals surface area contributed by atoms with Crippen LogP contribution < -0.4 is 15.0 Å². The van der Waals surface area contributed by atoms with Crippen LogP contribution in [0.3, 0.4) is 0 Å². The lowest BCUT2D eigenvalue weighted by atomic mass is 9.83. The van der Waals surface area contributed by atoms with E-state index < -0.39 is 6.61 Å². The topological polar surface area (TPSA) is 41.6 Å². The van der Waals surface area contributed by atoms with E-state index in [1.165, 1.54) is 18.9 Å². The number of carbonyl (C=O) groups excluding carboxylic acids is 1. The van der Waals surface area contributed by atoms with Gasteiger partial charge in [-0.2, -0.15) is 8.78 Å². The van der Waals surface area contributed by atoms with Gasteiger partial charge >= 0.3 is 6.61 Å². The van der Waals surface area contributed by atoms with E-state index in [2.05, 4.69) is 16.3 Å². The Kier molecular flexibility index (Phi) is 4.72. The van der Waals surface area contributed by atoms with Crippen LogP contribution in [0.25, 0.3) is 0 Å². The van der Waals surface area contributed by atoms with Crippen molar-refractivity contribution in [1.82, 2.24) is 0 Å². The molecule has 1 saturated heterocycles. The molecule has 4 nitrogen and oxygen atoms in total. The second-order valence-electron chi connectivity index (χ2n) is 7.09. The number of nitrogens with zero attached hydrogens (tertiary/aromatic N) is 1. The second kappa shape index (κ2) is 7.18. The van der Waals surface area contributed by atoms with Gasteiger partial charge in [0.2, 0.25) is 5.91 Å². The molecule has 0 aromatic heterocycles. The SMILES string of the molecule is Cc1c(N2CCCC2)ccc2c1NC(=O)CC2c1ccccc1OC(F)F. The van der Waals surface area contributed by atoms with Crippen LogP contribution in [0.15, 0.2) is 36.4 Å². The number of anilines is 2. The Morgan fingerprint density at radius 3 is 2.59 bits per heavy atom. The van der Waals surface area contributed by atoms with Crippen LogP contribution in [0.5, 0.6) is 5.75 Å². The number of fused-ring (bicyclic) bond motifs is 1. The van der Waals surface area contributed by atoms with Crippen molar-refractivity contribution in [1.29, 1.82) is 0 Å². The number of amides is 1. The molecule has 2 aliphatic heterocycles. The van der Waals surface area contributed by atoms with Gasteiger partial charge in [0.25, 0.3) is 0 Å². The lowest BCUT2D eigenvalue weighted by molar-refractivity contribution is -0.116. The first kappa shape index (κ1) is 17.8. The molecule has 1 N–H and O–H groups in total. The third kappa shape index (κ3) is 3.36. The lowest BCUT2D eigenvalue weighted by Gasteiger charge is -2.31. The van der Waals surface area contributed by atoms with E-state index in [9.17, 15) is 13.6 Å². The number of ether oxygens (including phenoxy) is 1. The molecule has 6 heteroatoms. The summed E-state index contributed by atoms with van der Waals surface area (Å²) in [4.78, 5) is 14.7. The number of para-hydroxylation sites is 1. The maximum atomic E-state index is 12.8. The van der Waals surface area contributed by atoms with Crippen molar-refractivity contribution >= 4 is 17.3 Å². The van der Waals surface area contributed by atoms with E-state index in [0.29, 0.717) is 5.56 Å². The molecule has 1 fully saturated rings. The predicted molar refractivity (Wildman–Crippen MR) is 101 cm³/mol. The Labute approximate surface area is 157 Å². The standard InChI is InChI=1S/C21H22F2N2O2/c1-13-17(25-10-4-5-11-25)9-8-15-16(12-19(26)24-20(13)15)14-6-2-3-7-18(14)27-21(22)23/h2-3,6-9,16,21H,4-5,10-12H2,1H3,(H,24,26). The molecular weight excluding hydrogens is 350 g/mol. The Hall–Kier alpha value is -2.63. The first-order valence-corrected chi connectivity index (χ1v) is 9.26. The highest BCUT2D eigenvalue weighted by molar-refractivity contribution is 5.97. The molecule has 27 heavy (non-hydrogen) atoms. The van der Waals surface area contributed by atoms with Gasteiger partial charge in [0.1, 0.15) is 5.75 Å². The van der Waals surface area contributed by atoms with Crippen molar-refractivity contribution in [3.8, 4) is 5.75 Å². The number of rotatable bonds is 4. The van der Waals surface area contributed by atoms with E-state index in [4.69, 9.17) is 4.74 Å². The Morgan fingerprint density at radius 1 is 1.11 bits per heavy atom. The van der Waals surface area contributed by atoms with Crippen LogP contribution in [0, 0.1) is 6.92 Å². The molecule has 0 aliphatic carbocycles. The summed E-state index contributed by atoms with van der Waals surface area (Å²) in [5, 5.41) is 3.00. The predicted octanol–water partition coefficient (Wildman–Crippen LogP) is 4.67. The summed E-state index contributed by atoms with van der Waals surface area (Å²) in [5.74, 6) is -0.296. The number of hydrogen-bond acceptors (Lipinski definition) is 3. The highest BCUT2D eigenvalue weighted by Gasteiger charge is 2.31.